The number of hydrogen-bond donors (Lipinski definition) is 1. The number of ether oxygens (including phenoxy) is 3. The van der Waals surface area contributed by atoms with Crippen molar-refractivity contribution in [2.24, 2.45) is 0 Å². The van der Waals surface area contributed by atoms with E-state index in [4.69, 9.17) is 14.2 Å². The minimum Gasteiger partial charge on any atom is -0.486 e. The molecule has 3 rings (SSSR count). The number of carbonyl (C=O) groups is 1. The molecule has 1 amide bonds. The minimum atomic E-state index is -0.181. The van der Waals surface area contributed by atoms with Crippen LogP contribution in [-0.2, 0) is 9.53 Å². The van der Waals surface area contributed by atoms with Crippen molar-refractivity contribution < 1.29 is 19.0 Å². The average Bonchev–Trinajstić information content (AvgIpc) is 2.63. The second-order valence-corrected chi connectivity index (χ2v) is 6.62. The van der Waals surface area contributed by atoms with E-state index in [1.807, 2.05) is 49.4 Å². The van der Waals surface area contributed by atoms with E-state index >= 15 is 0 Å². The van der Waals surface area contributed by atoms with Gasteiger partial charge in [0.05, 0.1) is 5.69 Å². The van der Waals surface area contributed by atoms with Crippen molar-refractivity contribution in [2.45, 2.75) is 23.1 Å². The first-order valence-electron chi connectivity index (χ1n) is 8.30. The average molecular weight is 359 g/mol. The molecule has 0 saturated heterocycles. The van der Waals surface area contributed by atoms with Gasteiger partial charge in [0.15, 0.2) is 11.5 Å². The smallest absolute Gasteiger partial charge is 0.250 e. The third-order valence-electron chi connectivity index (χ3n) is 3.47. The lowest BCUT2D eigenvalue weighted by Crippen LogP contribution is -2.20. The van der Waals surface area contributed by atoms with E-state index in [1.54, 1.807) is 11.8 Å². The Labute approximate surface area is 151 Å². The lowest BCUT2D eigenvalue weighted by molar-refractivity contribution is -0.120. The van der Waals surface area contributed by atoms with E-state index in [9.17, 15) is 4.79 Å². The highest BCUT2D eigenvalue weighted by molar-refractivity contribution is 7.99. The standard InChI is InChI=1S/C19H21NO4S/c1-2-8-22-13-19(21)20-15-11-16-17(24-10-9-23-16)12-18(15)25-14-6-4-3-5-7-14/h3-7,11-12H,2,8-10,13H2,1H3,(H,20,21). The first-order valence-corrected chi connectivity index (χ1v) is 9.12. The molecule has 2 aromatic carbocycles. The van der Waals surface area contributed by atoms with Crippen molar-refractivity contribution in [3.05, 3.63) is 42.5 Å². The molecular weight excluding hydrogens is 338 g/mol. The quantitative estimate of drug-likeness (QED) is 0.758. The maximum absolute atomic E-state index is 12.1. The summed E-state index contributed by atoms with van der Waals surface area (Å²) in [5.74, 6) is 1.17. The summed E-state index contributed by atoms with van der Waals surface area (Å²) in [6.45, 7) is 3.65. The molecule has 0 spiro atoms. The lowest BCUT2D eigenvalue weighted by Gasteiger charge is -2.21. The SMILES string of the molecule is CCCOCC(=O)Nc1cc2c(cc1Sc1ccccc1)OCCO2. The molecule has 0 aliphatic carbocycles. The van der Waals surface area contributed by atoms with E-state index in [0.29, 0.717) is 37.0 Å². The van der Waals surface area contributed by atoms with Crippen LogP contribution >= 0.6 is 11.8 Å². The van der Waals surface area contributed by atoms with Crippen molar-refractivity contribution in [3.63, 3.8) is 0 Å². The highest BCUT2D eigenvalue weighted by Gasteiger charge is 2.18. The number of anilines is 1. The van der Waals surface area contributed by atoms with Crippen LogP contribution in [0.5, 0.6) is 11.5 Å². The van der Waals surface area contributed by atoms with Gasteiger partial charge in [0.25, 0.3) is 0 Å². The number of rotatable bonds is 7. The Morgan fingerprint density at radius 1 is 1.16 bits per heavy atom. The van der Waals surface area contributed by atoms with Crippen molar-refractivity contribution in [3.8, 4) is 11.5 Å². The molecule has 0 atom stereocenters. The van der Waals surface area contributed by atoms with Crippen LogP contribution in [0, 0.1) is 0 Å². The molecule has 5 nitrogen and oxygen atoms in total. The monoisotopic (exact) mass is 359 g/mol. The third kappa shape index (κ3) is 4.90. The van der Waals surface area contributed by atoms with Gasteiger partial charge < -0.3 is 19.5 Å². The van der Waals surface area contributed by atoms with Gasteiger partial charge in [0.1, 0.15) is 19.8 Å². The molecule has 0 saturated carbocycles. The van der Waals surface area contributed by atoms with Gasteiger partial charge in [0, 0.05) is 28.5 Å². The molecule has 132 valence electrons. The number of amides is 1. The van der Waals surface area contributed by atoms with E-state index in [2.05, 4.69) is 5.32 Å². The maximum Gasteiger partial charge on any atom is 0.250 e. The molecule has 1 heterocycles. The second-order valence-electron chi connectivity index (χ2n) is 5.51. The number of hydrogen-bond acceptors (Lipinski definition) is 5. The zero-order valence-corrected chi connectivity index (χ0v) is 14.9. The van der Waals surface area contributed by atoms with Crippen LogP contribution in [0.2, 0.25) is 0 Å². The Morgan fingerprint density at radius 3 is 2.60 bits per heavy atom. The predicted octanol–water partition coefficient (Wildman–Crippen LogP) is 3.97. The summed E-state index contributed by atoms with van der Waals surface area (Å²) in [6.07, 6.45) is 0.881. The van der Waals surface area contributed by atoms with Crippen LogP contribution < -0.4 is 14.8 Å². The summed E-state index contributed by atoms with van der Waals surface area (Å²) in [4.78, 5) is 14.1. The van der Waals surface area contributed by atoms with Crippen LogP contribution in [0.25, 0.3) is 0 Å². The highest BCUT2D eigenvalue weighted by Crippen LogP contribution is 2.42. The van der Waals surface area contributed by atoms with Gasteiger partial charge in [-0.2, -0.15) is 0 Å². The predicted molar refractivity (Wildman–Crippen MR) is 97.7 cm³/mol. The van der Waals surface area contributed by atoms with Crippen molar-refractivity contribution in [1.82, 2.24) is 0 Å². The molecule has 0 radical (unpaired) electrons. The van der Waals surface area contributed by atoms with Gasteiger partial charge in [0.2, 0.25) is 5.91 Å². The van der Waals surface area contributed by atoms with Crippen molar-refractivity contribution >= 4 is 23.4 Å². The van der Waals surface area contributed by atoms with Gasteiger partial charge in [-0.25, -0.2) is 0 Å². The van der Waals surface area contributed by atoms with Crippen LogP contribution in [-0.4, -0.2) is 32.3 Å². The van der Waals surface area contributed by atoms with E-state index < -0.39 is 0 Å². The Balaban J connectivity index is 1.82. The van der Waals surface area contributed by atoms with Gasteiger partial charge in [-0.1, -0.05) is 36.9 Å². The van der Waals surface area contributed by atoms with Crippen molar-refractivity contribution in [1.29, 1.82) is 0 Å². The summed E-state index contributed by atoms with van der Waals surface area (Å²) in [6, 6.07) is 13.7. The number of carbonyl (C=O) groups excluding carboxylic acids is 1. The molecule has 1 aliphatic heterocycles. The zero-order chi connectivity index (χ0) is 17.5. The van der Waals surface area contributed by atoms with Gasteiger partial charge >= 0.3 is 0 Å². The molecule has 1 N–H and O–H groups in total. The largest absolute Gasteiger partial charge is 0.486 e. The highest BCUT2D eigenvalue weighted by atomic mass is 32.2. The van der Waals surface area contributed by atoms with Gasteiger partial charge in [-0.3, -0.25) is 4.79 Å². The third-order valence-corrected chi connectivity index (χ3v) is 4.54. The van der Waals surface area contributed by atoms with Gasteiger partial charge in [-0.15, -0.1) is 0 Å². The van der Waals surface area contributed by atoms with Crippen molar-refractivity contribution in [2.75, 3.05) is 31.7 Å². The second kappa shape index (κ2) is 8.78. The first-order chi connectivity index (χ1) is 12.3. The van der Waals surface area contributed by atoms with Crippen LogP contribution in [0.4, 0.5) is 5.69 Å². The molecule has 0 aromatic heterocycles. The fraction of sp³-hybridized carbons (Fsp3) is 0.316. The molecule has 6 heteroatoms. The summed E-state index contributed by atoms with van der Waals surface area (Å²) in [5.41, 5.74) is 0.697. The fourth-order valence-electron chi connectivity index (χ4n) is 2.36. The number of fused-ring (bicyclic) bond motifs is 1. The summed E-state index contributed by atoms with van der Waals surface area (Å²) in [7, 11) is 0. The lowest BCUT2D eigenvalue weighted by atomic mass is 10.2. The minimum absolute atomic E-state index is 0.0394. The van der Waals surface area contributed by atoms with Crippen LogP contribution in [0.3, 0.4) is 0 Å². The topological polar surface area (TPSA) is 56.8 Å². The molecule has 0 bridgehead atoms. The Morgan fingerprint density at radius 2 is 1.88 bits per heavy atom. The molecule has 0 unspecified atom stereocenters. The van der Waals surface area contributed by atoms with E-state index in [-0.39, 0.29) is 12.5 Å². The Hall–Kier alpha value is -2.18. The maximum atomic E-state index is 12.1. The number of benzene rings is 2. The van der Waals surface area contributed by atoms with E-state index in [0.717, 1.165) is 16.2 Å². The molecular formula is C19H21NO4S. The van der Waals surface area contributed by atoms with Crippen LogP contribution in [0.1, 0.15) is 13.3 Å². The summed E-state index contributed by atoms with van der Waals surface area (Å²) >= 11 is 1.57. The fourth-order valence-corrected chi connectivity index (χ4v) is 3.30. The van der Waals surface area contributed by atoms with Crippen LogP contribution in [0.15, 0.2) is 52.3 Å². The Kier molecular flexibility index (Phi) is 6.19. The molecule has 25 heavy (non-hydrogen) atoms. The summed E-state index contributed by atoms with van der Waals surface area (Å²) < 4.78 is 16.6. The molecule has 1 aliphatic rings. The first kappa shape index (κ1) is 17.6. The summed E-state index contributed by atoms with van der Waals surface area (Å²) in [5, 5.41) is 2.92. The van der Waals surface area contributed by atoms with Gasteiger partial charge in [-0.05, 0) is 18.6 Å². The normalized spacial score (nSPS) is 12.7. The molecule has 2 aromatic rings. The van der Waals surface area contributed by atoms with E-state index in [1.165, 1.54) is 0 Å². The Bertz CT molecular complexity index is 721. The molecule has 0 fully saturated rings. The number of nitrogens with one attached hydrogen (secondary N) is 1. The zero-order valence-electron chi connectivity index (χ0n) is 14.1.